The van der Waals surface area contributed by atoms with Crippen molar-refractivity contribution in [1.82, 2.24) is 9.55 Å². The van der Waals surface area contributed by atoms with Crippen molar-refractivity contribution in [3.05, 3.63) is 133 Å². The van der Waals surface area contributed by atoms with Crippen LogP contribution in [-0.2, 0) is 0 Å². The normalized spacial score (nSPS) is 11.7. The second-order valence-electron chi connectivity index (χ2n) is 9.62. The molecular weight excluding hydrogens is 464 g/mol. The molecule has 0 aliphatic heterocycles. The van der Waals surface area contributed by atoms with Crippen LogP contribution in [-0.4, -0.2) is 9.55 Å². The van der Waals surface area contributed by atoms with Crippen molar-refractivity contribution in [1.29, 1.82) is 0 Å². The second-order valence-corrected chi connectivity index (χ2v) is 9.62. The zero-order valence-corrected chi connectivity index (χ0v) is 20.5. The fourth-order valence-corrected chi connectivity index (χ4v) is 5.68. The molecule has 0 saturated heterocycles. The number of rotatable bonds is 3. The van der Waals surface area contributed by atoms with Gasteiger partial charge in [-0.15, -0.1) is 0 Å². The van der Waals surface area contributed by atoms with Crippen LogP contribution in [0, 0.1) is 0 Å². The minimum atomic E-state index is 0.905. The molecule has 0 atom stereocenters. The summed E-state index contributed by atoms with van der Waals surface area (Å²) in [4.78, 5) is 5.03. The molecule has 0 aliphatic rings. The Bertz CT molecular complexity index is 2130. The van der Waals surface area contributed by atoms with Crippen LogP contribution < -0.4 is 0 Å². The average Bonchev–Trinajstić information content (AvgIpc) is 3.55. The summed E-state index contributed by atoms with van der Waals surface area (Å²) in [5.74, 6) is 0.927. The van der Waals surface area contributed by atoms with Crippen LogP contribution in [0.4, 0.5) is 0 Å². The van der Waals surface area contributed by atoms with Crippen molar-refractivity contribution in [2.24, 2.45) is 0 Å². The molecule has 2 aromatic heterocycles. The Morgan fingerprint density at radius 3 is 2.21 bits per heavy atom. The van der Waals surface area contributed by atoms with Crippen molar-refractivity contribution in [3.8, 4) is 28.2 Å². The van der Waals surface area contributed by atoms with Crippen LogP contribution in [0.2, 0.25) is 0 Å². The highest BCUT2D eigenvalue weighted by molar-refractivity contribution is 6.18. The molecule has 8 rings (SSSR count). The Morgan fingerprint density at radius 1 is 0.553 bits per heavy atom. The topological polar surface area (TPSA) is 31.0 Å². The maximum Gasteiger partial charge on any atom is 0.145 e. The molecule has 0 spiro atoms. The Hall–Kier alpha value is -5.15. The zero-order valence-electron chi connectivity index (χ0n) is 20.5. The summed E-state index contributed by atoms with van der Waals surface area (Å²) in [6.07, 6.45) is 0. The minimum Gasteiger partial charge on any atom is -0.455 e. The lowest BCUT2D eigenvalue weighted by molar-refractivity contribution is 0.670. The van der Waals surface area contributed by atoms with E-state index in [0.717, 1.165) is 61.2 Å². The van der Waals surface area contributed by atoms with Crippen molar-refractivity contribution < 1.29 is 4.42 Å². The van der Waals surface area contributed by atoms with E-state index in [2.05, 4.69) is 114 Å². The summed E-state index contributed by atoms with van der Waals surface area (Å²) in [7, 11) is 0. The predicted molar refractivity (Wildman–Crippen MR) is 157 cm³/mol. The Morgan fingerprint density at radius 2 is 1.29 bits per heavy atom. The first-order valence-electron chi connectivity index (χ1n) is 12.8. The van der Waals surface area contributed by atoms with Crippen LogP contribution in [0.5, 0.6) is 0 Å². The molecule has 0 N–H and O–H groups in total. The number of nitrogens with zero attached hydrogens (tertiary/aromatic N) is 2. The molecule has 3 heteroatoms. The maximum atomic E-state index is 6.52. The van der Waals surface area contributed by atoms with E-state index >= 15 is 0 Å². The standard InChI is InChI=1S/C35H22N2O/c1-2-11-23(12-3-1)35-36-30-18-7-8-19-31(30)37(35)26-15-10-14-25(21-26)33-27-16-5-4-13-24(27)22-29-28-17-6-9-20-32(28)38-34(29)33/h1-22H. The first kappa shape index (κ1) is 21.0. The molecule has 2 heterocycles. The summed E-state index contributed by atoms with van der Waals surface area (Å²) in [5, 5.41) is 4.65. The van der Waals surface area contributed by atoms with E-state index < -0.39 is 0 Å². The highest BCUT2D eigenvalue weighted by Crippen LogP contribution is 2.41. The van der Waals surface area contributed by atoms with Crippen LogP contribution in [0.1, 0.15) is 0 Å². The van der Waals surface area contributed by atoms with E-state index in [4.69, 9.17) is 9.40 Å². The van der Waals surface area contributed by atoms with E-state index in [1.807, 2.05) is 24.3 Å². The van der Waals surface area contributed by atoms with Gasteiger partial charge in [-0.2, -0.15) is 0 Å². The SMILES string of the molecule is c1ccc(-c2nc3ccccc3n2-c2cccc(-c3c4ccccc4cc4c3oc3ccccc34)c2)cc1. The molecule has 0 aliphatic carbocycles. The van der Waals surface area contributed by atoms with Gasteiger partial charge in [0, 0.05) is 27.6 Å². The summed E-state index contributed by atoms with van der Waals surface area (Å²) >= 11 is 0. The van der Waals surface area contributed by atoms with Gasteiger partial charge in [0.1, 0.15) is 17.0 Å². The molecule has 0 saturated carbocycles. The molecule has 178 valence electrons. The molecule has 0 unspecified atom stereocenters. The van der Waals surface area contributed by atoms with Crippen molar-refractivity contribution in [2.45, 2.75) is 0 Å². The summed E-state index contributed by atoms with van der Waals surface area (Å²) < 4.78 is 8.78. The van der Waals surface area contributed by atoms with Gasteiger partial charge in [0.05, 0.1) is 11.0 Å². The van der Waals surface area contributed by atoms with Crippen molar-refractivity contribution >= 4 is 43.7 Å². The van der Waals surface area contributed by atoms with Gasteiger partial charge in [-0.3, -0.25) is 4.57 Å². The lowest BCUT2D eigenvalue weighted by Crippen LogP contribution is -1.98. The molecule has 0 fully saturated rings. The smallest absolute Gasteiger partial charge is 0.145 e. The molecule has 3 nitrogen and oxygen atoms in total. The van der Waals surface area contributed by atoms with Crippen LogP contribution >= 0.6 is 0 Å². The Balaban J connectivity index is 1.44. The lowest BCUT2D eigenvalue weighted by atomic mass is 9.95. The van der Waals surface area contributed by atoms with E-state index in [9.17, 15) is 0 Å². The number of hydrogen-bond acceptors (Lipinski definition) is 2. The number of fused-ring (bicyclic) bond motifs is 5. The lowest BCUT2D eigenvalue weighted by Gasteiger charge is -2.13. The van der Waals surface area contributed by atoms with Crippen molar-refractivity contribution in [3.63, 3.8) is 0 Å². The zero-order chi connectivity index (χ0) is 25.1. The minimum absolute atomic E-state index is 0.905. The third-order valence-corrected chi connectivity index (χ3v) is 7.38. The number of benzene rings is 6. The van der Waals surface area contributed by atoms with Crippen LogP contribution in [0.3, 0.4) is 0 Å². The predicted octanol–water partition coefficient (Wildman–Crippen LogP) is 9.41. The quantitative estimate of drug-likeness (QED) is 0.249. The Labute approximate surface area is 219 Å². The fourth-order valence-electron chi connectivity index (χ4n) is 5.68. The molecule has 0 radical (unpaired) electrons. The largest absolute Gasteiger partial charge is 0.455 e. The van der Waals surface area contributed by atoms with Gasteiger partial charge in [-0.25, -0.2) is 4.98 Å². The first-order chi connectivity index (χ1) is 18.8. The van der Waals surface area contributed by atoms with E-state index in [0.29, 0.717) is 0 Å². The molecular formula is C35H22N2O. The van der Waals surface area contributed by atoms with E-state index in [1.54, 1.807) is 0 Å². The van der Waals surface area contributed by atoms with Gasteiger partial charge < -0.3 is 4.42 Å². The van der Waals surface area contributed by atoms with Crippen LogP contribution in [0.25, 0.3) is 71.9 Å². The van der Waals surface area contributed by atoms with Gasteiger partial charge in [-0.1, -0.05) is 97.1 Å². The van der Waals surface area contributed by atoms with Gasteiger partial charge in [0.15, 0.2) is 0 Å². The number of aromatic nitrogens is 2. The fraction of sp³-hybridized carbons (Fsp3) is 0. The highest BCUT2D eigenvalue weighted by Gasteiger charge is 2.18. The first-order valence-corrected chi connectivity index (χ1v) is 12.8. The molecule has 8 aromatic rings. The summed E-state index contributed by atoms with van der Waals surface area (Å²) in [6.45, 7) is 0. The molecule has 6 aromatic carbocycles. The van der Waals surface area contributed by atoms with Gasteiger partial charge in [0.2, 0.25) is 0 Å². The number of hydrogen-bond donors (Lipinski definition) is 0. The highest BCUT2D eigenvalue weighted by atomic mass is 16.3. The Kier molecular flexibility index (Phi) is 4.52. The number of imidazole rings is 1. The van der Waals surface area contributed by atoms with Gasteiger partial charge >= 0.3 is 0 Å². The number of furan rings is 1. The molecule has 0 amide bonds. The van der Waals surface area contributed by atoms with E-state index in [-0.39, 0.29) is 0 Å². The average molecular weight is 487 g/mol. The van der Waals surface area contributed by atoms with Crippen molar-refractivity contribution in [2.75, 3.05) is 0 Å². The summed E-state index contributed by atoms with van der Waals surface area (Å²) in [6, 6.07) is 46.5. The van der Waals surface area contributed by atoms with Gasteiger partial charge in [-0.05, 0) is 52.7 Å². The van der Waals surface area contributed by atoms with Gasteiger partial charge in [0.25, 0.3) is 0 Å². The van der Waals surface area contributed by atoms with Crippen LogP contribution in [0.15, 0.2) is 138 Å². The van der Waals surface area contributed by atoms with E-state index in [1.165, 1.54) is 10.8 Å². The monoisotopic (exact) mass is 486 g/mol. The maximum absolute atomic E-state index is 6.52. The molecule has 38 heavy (non-hydrogen) atoms. The second kappa shape index (κ2) is 8.19. The third-order valence-electron chi connectivity index (χ3n) is 7.38. The summed E-state index contributed by atoms with van der Waals surface area (Å²) in [5.41, 5.74) is 8.24. The molecule has 0 bridgehead atoms. The number of para-hydroxylation sites is 3. The third kappa shape index (κ3) is 3.12.